The third-order valence-corrected chi connectivity index (χ3v) is 2.34. The molecule has 0 saturated carbocycles. The number of carbonyl (C=O) groups is 1. The van der Waals surface area contributed by atoms with Crippen LogP contribution in [0, 0.1) is 0 Å². The van der Waals surface area contributed by atoms with Crippen molar-refractivity contribution in [1.29, 1.82) is 0 Å². The SMILES string of the molecule is C[C@@H](CCCCO)OC(=O)c1ccccc1.S. The summed E-state index contributed by atoms with van der Waals surface area (Å²) in [5, 5.41) is 8.63. The molecule has 0 heterocycles. The minimum Gasteiger partial charge on any atom is -0.459 e. The second-order valence-corrected chi connectivity index (χ2v) is 3.80. The van der Waals surface area contributed by atoms with Crippen LogP contribution in [0.25, 0.3) is 0 Å². The van der Waals surface area contributed by atoms with Crippen molar-refractivity contribution in [2.24, 2.45) is 0 Å². The summed E-state index contributed by atoms with van der Waals surface area (Å²) in [6.45, 7) is 2.07. The number of ether oxygens (including phenoxy) is 1. The van der Waals surface area contributed by atoms with Gasteiger partial charge in [0.2, 0.25) is 0 Å². The monoisotopic (exact) mass is 256 g/mol. The maximum absolute atomic E-state index is 11.6. The predicted molar refractivity (Wildman–Crippen MR) is 72.6 cm³/mol. The summed E-state index contributed by atoms with van der Waals surface area (Å²) in [6.07, 6.45) is 2.32. The van der Waals surface area contributed by atoms with Gasteiger partial charge in [-0.3, -0.25) is 0 Å². The summed E-state index contributed by atoms with van der Waals surface area (Å²) in [4.78, 5) is 11.6. The van der Waals surface area contributed by atoms with Crippen LogP contribution < -0.4 is 0 Å². The average molecular weight is 256 g/mol. The summed E-state index contributed by atoms with van der Waals surface area (Å²) < 4.78 is 5.26. The Hall–Kier alpha value is -1.00. The molecule has 96 valence electrons. The first-order chi connectivity index (χ1) is 7.74. The Morgan fingerprint density at radius 1 is 1.29 bits per heavy atom. The van der Waals surface area contributed by atoms with E-state index < -0.39 is 0 Å². The van der Waals surface area contributed by atoms with Gasteiger partial charge in [-0.15, -0.1) is 0 Å². The summed E-state index contributed by atoms with van der Waals surface area (Å²) in [5.74, 6) is -0.280. The van der Waals surface area contributed by atoms with E-state index in [2.05, 4.69) is 0 Å². The first-order valence-corrected chi connectivity index (χ1v) is 5.61. The summed E-state index contributed by atoms with van der Waals surface area (Å²) >= 11 is 0. The standard InChI is InChI=1S/C13H18O3.H2S/c1-11(7-5-6-10-14)16-13(15)12-8-3-2-4-9-12;/h2-4,8-9,11,14H,5-7,10H2,1H3;1H2/t11-;/m0./s1. The van der Waals surface area contributed by atoms with Gasteiger partial charge in [-0.2, -0.15) is 13.5 Å². The molecule has 0 aliphatic rings. The molecule has 1 rings (SSSR count). The van der Waals surface area contributed by atoms with E-state index in [9.17, 15) is 4.79 Å². The summed E-state index contributed by atoms with van der Waals surface area (Å²) in [7, 11) is 0. The van der Waals surface area contributed by atoms with Crippen molar-refractivity contribution in [3.05, 3.63) is 35.9 Å². The lowest BCUT2D eigenvalue weighted by molar-refractivity contribution is 0.0317. The van der Waals surface area contributed by atoms with Gasteiger partial charge < -0.3 is 9.84 Å². The molecule has 0 unspecified atom stereocenters. The highest BCUT2D eigenvalue weighted by Crippen LogP contribution is 2.08. The fourth-order valence-corrected chi connectivity index (χ4v) is 1.43. The molecule has 0 radical (unpaired) electrons. The van der Waals surface area contributed by atoms with E-state index in [1.54, 1.807) is 12.1 Å². The van der Waals surface area contributed by atoms with Crippen LogP contribution in [0.5, 0.6) is 0 Å². The third-order valence-electron chi connectivity index (χ3n) is 2.34. The van der Waals surface area contributed by atoms with Crippen molar-refractivity contribution in [3.8, 4) is 0 Å². The van der Waals surface area contributed by atoms with Gasteiger partial charge in [-0.05, 0) is 38.3 Å². The molecule has 0 spiro atoms. The second kappa shape index (κ2) is 9.07. The Morgan fingerprint density at radius 2 is 1.94 bits per heavy atom. The van der Waals surface area contributed by atoms with Crippen molar-refractivity contribution in [1.82, 2.24) is 0 Å². The quantitative estimate of drug-likeness (QED) is 0.628. The molecule has 0 fully saturated rings. The van der Waals surface area contributed by atoms with Crippen molar-refractivity contribution in [2.45, 2.75) is 32.3 Å². The molecule has 4 heteroatoms. The molecule has 1 aromatic rings. The number of carbonyl (C=O) groups excluding carboxylic acids is 1. The third kappa shape index (κ3) is 6.34. The molecule has 1 atom stereocenters. The fraction of sp³-hybridized carbons (Fsp3) is 0.462. The zero-order valence-corrected chi connectivity index (χ0v) is 11.1. The van der Waals surface area contributed by atoms with E-state index in [1.807, 2.05) is 25.1 Å². The van der Waals surface area contributed by atoms with Gasteiger partial charge in [0.25, 0.3) is 0 Å². The average Bonchev–Trinajstić information content (AvgIpc) is 2.30. The minimum atomic E-state index is -0.280. The van der Waals surface area contributed by atoms with E-state index in [0.29, 0.717) is 5.56 Å². The van der Waals surface area contributed by atoms with Crippen molar-refractivity contribution in [3.63, 3.8) is 0 Å². The Balaban J connectivity index is 0.00000256. The molecule has 0 amide bonds. The van der Waals surface area contributed by atoms with Crippen LogP contribution in [-0.4, -0.2) is 23.8 Å². The van der Waals surface area contributed by atoms with Crippen LogP contribution in [0.15, 0.2) is 30.3 Å². The van der Waals surface area contributed by atoms with Crippen molar-refractivity contribution >= 4 is 19.5 Å². The number of aliphatic hydroxyl groups is 1. The Labute approximate surface area is 109 Å². The lowest BCUT2D eigenvalue weighted by Crippen LogP contribution is -2.15. The number of rotatable bonds is 6. The van der Waals surface area contributed by atoms with Crippen LogP contribution in [0.3, 0.4) is 0 Å². The lowest BCUT2D eigenvalue weighted by Gasteiger charge is -2.12. The fourth-order valence-electron chi connectivity index (χ4n) is 1.43. The van der Waals surface area contributed by atoms with Gasteiger partial charge in [0.05, 0.1) is 11.7 Å². The van der Waals surface area contributed by atoms with Crippen LogP contribution in [0.4, 0.5) is 0 Å². The minimum absolute atomic E-state index is 0. The second-order valence-electron chi connectivity index (χ2n) is 3.80. The topological polar surface area (TPSA) is 46.5 Å². The van der Waals surface area contributed by atoms with Gasteiger partial charge in [0.1, 0.15) is 0 Å². The zero-order chi connectivity index (χ0) is 11.8. The highest BCUT2D eigenvalue weighted by atomic mass is 32.1. The van der Waals surface area contributed by atoms with Gasteiger partial charge in [-0.25, -0.2) is 4.79 Å². The van der Waals surface area contributed by atoms with Crippen LogP contribution in [-0.2, 0) is 4.74 Å². The molecule has 0 aliphatic carbocycles. The maximum atomic E-state index is 11.6. The number of aliphatic hydroxyl groups excluding tert-OH is 1. The first-order valence-electron chi connectivity index (χ1n) is 5.61. The molecule has 0 saturated heterocycles. The molecule has 1 N–H and O–H groups in total. The van der Waals surface area contributed by atoms with Crippen LogP contribution in [0.2, 0.25) is 0 Å². The van der Waals surface area contributed by atoms with E-state index >= 15 is 0 Å². The van der Waals surface area contributed by atoms with E-state index in [0.717, 1.165) is 19.3 Å². The molecule has 1 aromatic carbocycles. The zero-order valence-electron chi connectivity index (χ0n) is 10.1. The molecule has 17 heavy (non-hydrogen) atoms. The van der Waals surface area contributed by atoms with Crippen molar-refractivity contribution < 1.29 is 14.6 Å². The van der Waals surface area contributed by atoms with E-state index in [-0.39, 0.29) is 32.2 Å². The molecule has 0 aliphatic heterocycles. The number of unbranched alkanes of at least 4 members (excludes halogenated alkanes) is 1. The number of hydrogen-bond donors (Lipinski definition) is 1. The molecule has 0 bridgehead atoms. The maximum Gasteiger partial charge on any atom is 0.338 e. The van der Waals surface area contributed by atoms with Gasteiger partial charge in [0.15, 0.2) is 0 Å². The van der Waals surface area contributed by atoms with Crippen LogP contribution in [0.1, 0.15) is 36.5 Å². The van der Waals surface area contributed by atoms with Crippen LogP contribution >= 0.6 is 13.5 Å². The molecule has 3 nitrogen and oxygen atoms in total. The van der Waals surface area contributed by atoms with E-state index in [4.69, 9.17) is 9.84 Å². The Kier molecular flexibility index (Phi) is 8.54. The first kappa shape index (κ1) is 16.0. The normalized spacial score (nSPS) is 11.4. The Bertz CT molecular complexity index is 314. The lowest BCUT2D eigenvalue weighted by atomic mass is 10.2. The summed E-state index contributed by atoms with van der Waals surface area (Å²) in [6, 6.07) is 8.97. The molecule has 0 aromatic heterocycles. The highest BCUT2D eigenvalue weighted by Gasteiger charge is 2.10. The summed E-state index contributed by atoms with van der Waals surface area (Å²) in [5.41, 5.74) is 0.580. The number of hydrogen-bond acceptors (Lipinski definition) is 3. The smallest absolute Gasteiger partial charge is 0.338 e. The predicted octanol–water partition coefficient (Wildman–Crippen LogP) is 2.51. The molecular formula is C13H20O3S. The number of esters is 1. The molecular weight excluding hydrogens is 236 g/mol. The highest BCUT2D eigenvalue weighted by molar-refractivity contribution is 7.59. The van der Waals surface area contributed by atoms with E-state index in [1.165, 1.54) is 0 Å². The van der Waals surface area contributed by atoms with Gasteiger partial charge >= 0.3 is 5.97 Å². The van der Waals surface area contributed by atoms with Gasteiger partial charge in [-0.1, -0.05) is 18.2 Å². The Morgan fingerprint density at radius 3 is 2.53 bits per heavy atom. The largest absolute Gasteiger partial charge is 0.459 e. The van der Waals surface area contributed by atoms with Gasteiger partial charge in [0, 0.05) is 6.61 Å². The number of benzene rings is 1. The van der Waals surface area contributed by atoms with Crippen molar-refractivity contribution in [2.75, 3.05) is 6.61 Å².